The van der Waals surface area contributed by atoms with Gasteiger partial charge < -0.3 is 9.84 Å². The van der Waals surface area contributed by atoms with Gasteiger partial charge in [0.1, 0.15) is 5.76 Å². The van der Waals surface area contributed by atoms with Crippen LogP contribution in [-0.4, -0.2) is 5.16 Å². The molecule has 0 aromatic carbocycles. The van der Waals surface area contributed by atoms with Crippen LogP contribution in [-0.2, 0) is 18.5 Å². The maximum Gasteiger partial charge on any atom is 0.133 e. The fourth-order valence-corrected chi connectivity index (χ4v) is 2.73. The number of aromatic nitrogens is 1. The molecule has 18 heavy (non-hydrogen) atoms. The van der Waals surface area contributed by atoms with Gasteiger partial charge in [-0.2, -0.15) is 0 Å². The van der Waals surface area contributed by atoms with E-state index in [1.165, 1.54) is 9.75 Å². The molecule has 0 bridgehead atoms. The van der Waals surface area contributed by atoms with E-state index in [0.717, 1.165) is 24.5 Å². The van der Waals surface area contributed by atoms with E-state index in [0.29, 0.717) is 0 Å². The summed E-state index contributed by atoms with van der Waals surface area (Å²) in [7, 11) is 0. The molecular formula is C14H20N2OS. The van der Waals surface area contributed by atoms with Crippen molar-refractivity contribution in [3.05, 3.63) is 39.4 Å². The van der Waals surface area contributed by atoms with Gasteiger partial charge in [-0.25, -0.2) is 0 Å². The van der Waals surface area contributed by atoms with Crippen LogP contribution in [0.3, 0.4) is 0 Å². The van der Waals surface area contributed by atoms with Crippen molar-refractivity contribution in [1.29, 1.82) is 0 Å². The van der Waals surface area contributed by atoms with Crippen molar-refractivity contribution in [2.75, 3.05) is 0 Å². The Morgan fingerprint density at radius 3 is 2.61 bits per heavy atom. The normalized spacial score (nSPS) is 12.0. The summed E-state index contributed by atoms with van der Waals surface area (Å²) in [6, 6.07) is 6.39. The second kappa shape index (κ2) is 5.24. The van der Waals surface area contributed by atoms with Crippen LogP contribution < -0.4 is 5.32 Å². The number of aryl methyl sites for hydroxylation is 1. The Kier molecular flexibility index (Phi) is 3.88. The van der Waals surface area contributed by atoms with Crippen LogP contribution in [0.2, 0.25) is 0 Å². The molecule has 0 radical (unpaired) electrons. The summed E-state index contributed by atoms with van der Waals surface area (Å²) >= 11 is 1.87. The van der Waals surface area contributed by atoms with Crippen LogP contribution in [0.1, 0.15) is 42.0 Å². The van der Waals surface area contributed by atoms with E-state index in [1.54, 1.807) is 0 Å². The van der Waals surface area contributed by atoms with Crippen LogP contribution in [0.25, 0.3) is 0 Å². The topological polar surface area (TPSA) is 38.1 Å². The molecule has 2 rings (SSSR count). The fraction of sp³-hybridized carbons (Fsp3) is 0.500. The first kappa shape index (κ1) is 13.3. The molecule has 0 saturated heterocycles. The Balaban J connectivity index is 1.85. The first-order valence-corrected chi connectivity index (χ1v) is 6.99. The van der Waals surface area contributed by atoms with Gasteiger partial charge in [-0.15, -0.1) is 11.3 Å². The Bertz CT molecular complexity index is 508. The highest BCUT2D eigenvalue weighted by molar-refractivity contribution is 7.12. The minimum atomic E-state index is 0.242. The van der Waals surface area contributed by atoms with E-state index in [-0.39, 0.29) is 5.41 Å². The fourth-order valence-electron chi connectivity index (χ4n) is 1.69. The van der Waals surface area contributed by atoms with Crippen LogP contribution in [0.4, 0.5) is 0 Å². The SMILES string of the molecule is Cc1cc(CNCc2ccc(C(C)(C)C)s2)no1. The van der Waals surface area contributed by atoms with Gasteiger partial charge in [0.2, 0.25) is 0 Å². The lowest BCUT2D eigenvalue weighted by Crippen LogP contribution is -2.12. The summed E-state index contributed by atoms with van der Waals surface area (Å²) in [6.45, 7) is 10.3. The van der Waals surface area contributed by atoms with Crippen molar-refractivity contribution in [3.8, 4) is 0 Å². The average Bonchev–Trinajstić information content (AvgIpc) is 2.87. The molecule has 0 amide bonds. The van der Waals surface area contributed by atoms with Crippen LogP contribution in [0.15, 0.2) is 22.7 Å². The summed E-state index contributed by atoms with van der Waals surface area (Å²) in [5, 5.41) is 7.34. The minimum Gasteiger partial charge on any atom is -0.361 e. The van der Waals surface area contributed by atoms with Gasteiger partial charge in [0.25, 0.3) is 0 Å². The highest BCUT2D eigenvalue weighted by Gasteiger charge is 2.15. The van der Waals surface area contributed by atoms with Gasteiger partial charge >= 0.3 is 0 Å². The summed E-state index contributed by atoms with van der Waals surface area (Å²) in [4.78, 5) is 2.79. The van der Waals surface area contributed by atoms with Gasteiger partial charge in [0.15, 0.2) is 0 Å². The number of rotatable bonds is 4. The Labute approximate surface area is 112 Å². The highest BCUT2D eigenvalue weighted by Crippen LogP contribution is 2.29. The monoisotopic (exact) mass is 264 g/mol. The van der Waals surface area contributed by atoms with Crippen molar-refractivity contribution in [2.24, 2.45) is 0 Å². The number of nitrogens with one attached hydrogen (secondary N) is 1. The summed E-state index contributed by atoms with van der Waals surface area (Å²) in [6.07, 6.45) is 0. The number of thiophene rings is 1. The lowest BCUT2D eigenvalue weighted by Gasteiger charge is -2.15. The van der Waals surface area contributed by atoms with E-state index in [1.807, 2.05) is 24.3 Å². The van der Waals surface area contributed by atoms with Crippen LogP contribution in [0, 0.1) is 6.92 Å². The van der Waals surface area contributed by atoms with E-state index in [9.17, 15) is 0 Å². The average molecular weight is 264 g/mol. The molecule has 0 aliphatic carbocycles. The number of hydrogen-bond acceptors (Lipinski definition) is 4. The third-order valence-electron chi connectivity index (χ3n) is 2.68. The molecular weight excluding hydrogens is 244 g/mol. The highest BCUT2D eigenvalue weighted by atomic mass is 32.1. The number of nitrogens with zero attached hydrogens (tertiary/aromatic N) is 1. The van der Waals surface area contributed by atoms with E-state index in [2.05, 4.69) is 43.4 Å². The zero-order valence-electron chi connectivity index (χ0n) is 11.4. The summed E-state index contributed by atoms with van der Waals surface area (Å²) in [5.41, 5.74) is 1.20. The molecule has 0 spiro atoms. The molecule has 3 nitrogen and oxygen atoms in total. The van der Waals surface area contributed by atoms with Gasteiger partial charge in [-0.3, -0.25) is 0 Å². The van der Waals surface area contributed by atoms with Gasteiger partial charge in [-0.05, 0) is 24.5 Å². The zero-order chi connectivity index (χ0) is 13.2. The van der Waals surface area contributed by atoms with Crippen molar-refractivity contribution in [1.82, 2.24) is 10.5 Å². The molecule has 0 saturated carbocycles. The van der Waals surface area contributed by atoms with Crippen LogP contribution >= 0.6 is 11.3 Å². The van der Waals surface area contributed by atoms with Crippen LogP contribution in [0.5, 0.6) is 0 Å². The smallest absolute Gasteiger partial charge is 0.133 e. The Hall–Kier alpha value is -1.13. The van der Waals surface area contributed by atoms with Crippen molar-refractivity contribution in [2.45, 2.75) is 46.2 Å². The Morgan fingerprint density at radius 2 is 2.06 bits per heavy atom. The first-order valence-electron chi connectivity index (χ1n) is 6.17. The predicted molar refractivity (Wildman–Crippen MR) is 74.8 cm³/mol. The zero-order valence-corrected chi connectivity index (χ0v) is 12.2. The van der Waals surface area contributed by atoms with Gasteiger partial charge in [0.05, 0.1) is 5.69 Å². The van der Waals surface area contributed by atoms with Crippen molar-refractivity contribution in [3.63, 3.8) is 0 Å². The molecule has 0 aliphatic heterocycles. The molecule has 0 unspecified atom stereocenters. The minimum absolute atomic E-state index is 0.242. The number of hydrogen-bond donors (Lipinski definition) is 1. The molecule has 0 fully saturated rings. The third-order valence-corrected chi connectivity index (χ3v) is 4.19. The van der Waals surface area contributed by atoms with Crippen molar-refractivity contribution >= 4 is 11.3 Å². The third kappa shape index (κ3) is 3.43. The van der Waals surface area contributed by atoms with Gasteiger partial charge in [-0.1, -0.05) is 25.9 Å². The van der Waals surface area contributed by atoms with Gasteiger partial charge in [0, 0.05) is 28.9 Å². The molecule has 2 heterocycles. The van der Waals surface area contributed by atoms with E-state index in [4.69, 9.17) is 4.52 Å². The molecule has 4 heteroatoms. The first-order chi connectivity index (χ1) is 8.45. The summed E-state index contributed by atoms with van der Waals surface area (Å²) < 4.78 is 5.03. The van der Waals surface area contributed by atoms with E-state index >= 15 is 0 Å². The molecule has 98 valence electrons. The molecule has 0 atom stereocenters. The second-order valence-corrected chi connectivity index (χ2v) is 6.72. The molecule has 1 N–H and O–H groups in total. The Morgan fingerprint density at radius 1 is 1.28 bits per heavy atom. The maximum absolute atomic E-state index is 5.03. The van der Waals surface area contributed by atoms with E-state index < -0.39 is 0 Å². The summed E-state index contributed by atoms with van der Waals surface area (Å²) in [5.74, 6) is 0.859. The maximum atomic E-state index is 5.03. The quantitative estimate of drug-likeness (QED) is 0.916. The molecule has 2 aromatic heterocycles. The largest absolute Gasteiger partial charge is 0.361 e. The van der Waals surface area contributed by atoms with Crippen molar-refractivity contribution < 1.29 is 4.52 Å². The standard InChI is InChI=1S/C14H20N2OS/c1-10-7-11(16-17-10)8-15-9-12-5-6-13(18-12)14(2,3)4/h5-7,15H,8-9H2,1-4H3. The lowest BCUT2D eigenvalue weighted by molar-refractivity contribution is 0.388. The second-order valence-electron chi connectivity index (χ2n) is 5.55. The lowest BCUT2D eigenvalue weighted by atomic mass is 9.95. The molecule has 2 aromatic rings. The predicted octanol–water partition coefficient (Wildman–Crippen LogP) is 3.63. The molecule has 0 aliphatic rings.